The molecule has 0 aliphatic rings. The van der Waals surface area contributed by atoms with Crippen LogP contribution >= 0.6 is 0 Å². The number of ether oxygens (including phenoxy) is 4. The number of aliphatic carboxylic acids is 1. The molecule has 87 heavy (non-hydrogen) atoms. The molecule has 1 N–H and O–H groups in total. The third-order valence-corrected chi connectivity index (χ3v) is 14.3. The van der Waals surface area contributed by atoms with Crippen LogP contribution in [-0.2, 0) is 33.3 Å². The van der Waals surface area contributed by atoms with Crippen molar-refractivity contribution in [3.63, 3.8) is 0 Å². The Bertz CT molecular complexity index is 1990. The van der Waals surface area contributed by atoms with Gasteiger partial charge < -0.3 is 28.5 Å². The van der Waals surface area contributed by atoms with Crippen molar-refractivity contribution in [3.8, 4) is 0 Å². The van der Waals surface area contributed by atoms with E-state index in [1.807, 2.05) is 21.1 Å². The molecule has 0 aromatic heterocycles. The summed E-state index contributed by atoms with van der Waals surface area (Å²) in [5.74, 6) is -2.04. The van der Waals surface area contributed by atoms with Crippen molar-refractivity contribution in [2.24, 2.45) is 0 Å². The molecule has 0 radical (unpaired) electrons. The number of nitrogens with zero attached hydrogens (tertiary/aromatic N) is 1. The number of allylic oxidation sites excluding steroid dienone is 26. The second kappa shape index (κ2) is 66.9. The summed E-state index contributed by atoms with van der Waals surface area (Å²) in [6.45, 7) is 4.63. The van der Waals surface area contributed by atoms with E-state index >= 15 is 0 Å². The predicted molar refractivity (Wildman–Crippen MR) is 373 cm³/mol. The summed E-state index contributed by atoms with van der Waals surface area (Å²) >= 11 is 0. The van der Waals surface area contributed by atoms with Crippen molar-refractivity contribution >= 4 is 17.9 Å². The number of hydrogen-bond acceptors (Lipinski definition) is 7. The molecule has 9 nitrogen and oxygen atoms in total. The molecule has 0 bridgehead atoms. The summed E-state index contributed by atoms with van der Waals surface area (Å²) in [4.78, 5) is 37.6. The van der Waals surface area contributed by atoms with Gasteiger partial charge in [-0.15, -0.1) is 0 Å². The minimum absolute atomic E-state index is 0.177. The fraction of sp³-hybridized carbons (Fsp3) is 0.628. The number of likely N-dealkylation sites (N-methyl/N-ethyl adjacent to an activating group) is 1. The van der Waals surface area contributed by atoms with Crippen LogP contribution in [-0.4, -0.2) is 87.4 Å². The summed E-state index contributed by atoms with van der Waals surface area (Å²) in [5.41, 5.74) is 0. The number of hydrogen-bond donors (Lipinski definition) is 1. The molecular formula is C78H128NO8+. The molecule has 2 unspecified atom stereocenters. The van der Waals surface area contributed by atoms with Crippen LogP contribution in [0.25, 0.3) is 0 Å². The average molecular weight is 1210 g/mol. The fourth-order valence-corrected chi connectivity index (χ4v) is 9.06. The van der Waals surface area contributed by atoms with E-state index in [2.05, 4.69) is 172 Å². The smallest absolute Gasteiger partial charge is 0.361 e. The molecule has 0 heterocycles. The van der Waals surface area contributed by atoms with E-state index in [9.17, 15) is 19.5 Å². The number of unbranched alkanes of at least 4 members (excludes halogenated alkanes) is 21. The van der Waals surface area contributed by atoms with E-state index in [-0.39, 0.29) is 38.6 Å². The molecular weight excluding hydrogens is 1080 g/mol. The number of carbonyl (C=O) groups is 3. The second-order valence-electron chi connectivity index (χ2n) is 23.7. The Kier molecular flexibility index (Phi) is 62.9. The molecule has 0 fully saturated rings. The van der Waals surface area contributed by atoms with Gasteiger partial charge in [0.15, 0.2) is 6.10 Å². The normalized spacial score (nSPS) is 13.7. The Morgan fingerprint density at radius 1 is 0.345 bits per heavy atom. The standard InChI is InChI=1S/C78H127NO8/c1-6-8-10-12-14-16-18-20-22-24-26-28-30-32-34-36-38-40-42-44-46-48-50-52-54-56-58-60-62-64-66-68-75(80)85-72-74(73-86-78(77(82)83)84-71-70-79(3,4)5)87-76(81)69-67-65-63-61-59-57-55-53-51-49-47-45-43-41-39-37-35-33-31-29-27-25-23-21-19-17-15-13-11-9-7-2/h8-11,14-17,20-23,26-29,32-35,39,41,45,47,51,53,74,78H,6-7,12-13,18-19,24-25,30-31,36-38,40,42-44,46,48-50,52,54-73H2,1-5H3/p+1/b10-8-,11-9-,16-14-,17-15-,22-20-,23-21-,28-26-,29-27-,34-32-,35-33-,41-39-,47-45-,53-51-. The maximum atomic E-state index is 12.9. The van der Waals surface area contributed by atoms with E-state index in [1.165, 1.54) is 83.5 Å². The highest BCUT2D eigenvalue weighted by atomic mass is 16.7. The highest BCUT2D eigenvalue weighted by Crippen LogP contribution is 2.16. The van der Waals surface area contributed by atoms with Gasteiger partial charge in [0.1, 0.15) is 13.2 Å². The summed E-state index contributed by atoms with van der Waals surface area (Å²) in [7, 11) is 5.96. The van der Waals surface area contributed by atoms with Gasteiger partial charge in [0.05, 0.1) is 34.4 Å². The van der Waals surface area contributed by atoms with Crippen molar-refractivity contribution in [1.29, 1.82) is 0 Å². The van der Waals surface area contributed by atoms with E-state index < -0.39 is 24.3 Å². The zero-order chi connectivity index (χ0) is 63.3. The first-order valence-corrected chi connectivity index (χ1v) is 34.6. The molecule has 0 saturated heterocycles. The summed E-state index contributed by atoms with van der Waals surface area (Å²) in [5, 5.41) is 9.75. The van der Waals surface area contributed by atoms with Gasteiger partial charge in [0.2, 0.25) is 0 Å². The van der Waals surface area contributed by atoms with Crippen molar-refractivity contribution in [3.05, 3.63) is 158 Å². The van der Waals surface area contributed by atoms with Crippen LogP contribution < -0.4 is 0 Å². The van der Waals surface area contributed by atoms with Crippen LogP contribution in [0.4, 0.5) is 0 Å². The van der Waals surface area contributed by atoms with Crippen molar-refractivity contribution < 1.29 is 42.9 Å². The van der Waals surface area contributed by atoms with E-state index in [0.717, 1.165) is 141 Å². The lowest BCUT2D eigenvalue weighted by molar-refractivity contribution is -0.870. The monoisotopic (exact) mass is 1210 g/mol. The number of quaternary nitrogens is 1. The minimum atomic E-state index is -1.53. The first kappa shape index (κ1) is 81.9. The number of carboxylic acids is 1. The summed E-state index contributed by atoms with van der Waals surface area (Å²) < 4.78 is 23.0. The summed E-state index contributed by atoms with van der Waals surface area (Å²) in [6, 6.07) is 0. The molecule has 0 aliphatic carbocycles. The van der Waals surface area contributed by atoms with Crippen LogP contribution in [0.3, 0.4) is 0 Å². The van der Waals surface area contributed by atoms with Crippen molar-refractivity contribution in [1.82, 2.24) is 0 Å². The highest BCUT2D eigenvalue weighted by molar-refractivity contribution is 5.71. The number of rotatable bonds is 62. The molecule has 0 aromatic rings. The van der Waals surface area contributed by atoms with Gasteiger partial charge in [-0.2, -0.15) is 0 Å². The van der Waals surface area contributed by atoms with E-state index in [0.29, 0.717) is 17.4 Å². The van der Waals surface area contributed by atoms with Gasteiger partial charge >= 0.3 is 17.9 Å². The summed E-state index contributed by atoms with van der Waals surface area (Å²) in [6.07, 6.45) is 96.3. The average Bonchev–Trinajstić information content (AvgIpc) is 3.56. The van der Waals surface area contributed by atoms with Crippen molar-refractivity contribution in [2.75, 3.05) is 47.5 Å². The Balaban J connectivity index is 4.21. The Morgan fingerprint density at radius 2 is 0.621 bits per heavy atom. The number of esters is 2. The molecule has 0 rings (SSSR count). The van der Waals surface area contributed by atoms with Gasteiger partial charge in [0, 0.05) is 12.8 Å². The van der Waals surface area contributed by atoms with Gasteiger partial charge in [0.25, 0.3) is 6.29 Å². The first-order valence-electron chi connectivity index (χ1n) is 34.6. The van der Waals surface area contributed by atoms with Crippen LogP contribution in [0.5, 0.6) is 0 Å². The molecule has 9 heteroatoms. The maximum Gasteiger partial charge on any atom is 0.361 e. The molecule has 2 atom stereocenters. The number of carbonyl (C=O) groups excluding carboxylic acids is 2. The van der Waals surface area contributed by atoms with Crippen LogP contribution in [0.15, 0.2) is 158 Å². The van der Waals surface area contributed by atoms with Gasteiger partial charge in [-0.05, 0) is 122 Å². The molecule has 492 valence electrons. The topological polar surface area (TPSA) is 108 Å². The van der Waals surface area contributed by atoms with Gasteiger partial charge in [-0.1, -0.05) is 281 Å². The third-order valence-electron chi connectivity index (χ3n) is 14.3. The van der Waals surface area contributed by atoms with Gasteiger partial charge in [-0.3, -0.25) is 9.59 Å². The predicted octanol–water partition coefficient (Wildman–Crippen LogP) is 21.7. The van der Waals surface area contributed by atoms with Gasteiger partial charge in [-0.25, -0.2) is 4.79 Å². The SMILES string of the molecule is CC/C=C\C/C=C\C/C=C\C/C=C\C/C=C\C/C=C\C/C=C\C/C=C\CCCCCCCCC(=O)OC(COC(=O)CCCCCCCCCCCCCCCCC/C=C\C/C=C\C/C=C\C/C=C\C/C=C\CC)COC(OCC[N+](C)(C)C)C(=O)O. The fourth-order valence-electron chi connectivity index (χ4n) is 9.06. The minimum Gasteiger partial charge on any atom is -0.477 e. The second-order valence-corrected chi connectivity index (χ2v) is 23.7. The Morgan fingerprint density at radius 3 is 0.920 bits per heavy atom. The lowest BCUT2D eigenvalue weighted by Gasteiger charge is -2.25. The lowest BCUT2D eigenvalue weighted by atomic mass is 10.0. The molecule has 0 spiro atoms. The van der Waals surface area contributed by atoms with Crippen LogP contribution in [0.2, 0.25) is 0 Å². The molecule has 0 aromatic carbocycles. The molecule has 0 aliphatic heterocycles. The lowest BCUT2D eigenvalue weighted by Crippen LogP contribution is -2.40. The Hall–Kier alpha value is -5.09. The maximum absolute atomic E-state index is 12.9. The largest absolute Gasteiger partial charge is 0.477 e. The van der Waals surface area contributed by atoms with Crippen LogP contribution in [0.1, 0.15) is 258 Å². The zero-order valence-electron chi connectivity index (χ0n) is 56.1. The van der Waals surface area contributed by atoms with E-state index in [4.69, 9.17) is 18.9 Å². The molecule has 0 saturated carbocycles. The first-order chi connectivity index (χ1) is 42.6. The quantitative estimate of drug-likeness (QED) is 0.0211. The highest BCUT2D eigenvalue weighted by Gasteiger charge is 2.25. The zero-order valence-corrected chi connectivity index (χ0v) is 56.1. The Labute approximate surface area is 534 Å². The van der Waals surface area contributed by atoms with Crippen LogP contribution in [0, 0.1) is 0 Å². The molecule has 0 amide bonds. The third kappa shape index (κ3) is 68.3. The van der Waals surface area contributed by atoms with Crippen molar-refractivity contribution in [2.45, 2.75) is 270 Å². The van der Waals surface area contributed by atoms with E-state index in [1.54, 1.807) is 0 Å². The number of carboxylic acid groups (broad SMARTS) is 1.